The lowest BCUT2D eigenvalue weighted by molar-refractivity contribution is -0.151. The molecule has 1 atom stereocenters. The van der Waals surface area contributed by atoms with Gasteiger partial charge in [0, 0.05) is 19.4 Å². The molecular formula is C20H37NO3. The third-order valence-corrected chi connectivity index (χ3v) is 4.83. The van der Waals surface area contributed by atoms with E-state index in [4.69, 9.17) is 4.74 Å². The van der Waals surface area contributed by atoms with Crippen LogP contribution in [0.4, 0.5) is 0 Å². The van der Waals surface area contributed by atoms with Crippen molar-refractivity contribution in [3.63, 3.8) is 0 Å². The largest absolute Gasteiger partial charge is 0.460 e. The maximum atomic E-state index is 11.9. The summed E-state index contributed by atoms with van der Waals surface area (Å²) in [5.41, 5.74) is 0. The van der Waals surface area contributed by atoms with Crippen LogP contribution in [0.2, 0.25) is 0 Å². The minimum absolute atomic E-state index is 0.101. The van der Waals surface area contributed by atoms with Crippen molar-refractivity contribution in [1.29, 1.82) is 0 Å². The summed E-state index contributed by atoms with van der Waals surface area (Å²) in [6.07, 6.45) is 14.0. The third kappa shape index (κ3) is 9.29. The highest BCUT2D eigenvalue weighted by Gasteiger charge is 2.24. The number of carbonyl (C=O) groups excluding carboxylic acids is 2. The lowest BCUT2D eigenvalue weighted by atomic mass is 10.1. The Morgan fingerprint density at radius 1 is 1.04 bits per heavy atom. The Morgan fingerprint density at radius 3 is 2.21 bits per heavy atom. The molecule has 0 spiro atoms. The van der Waals surface area contributed by atoms with Crippen LogP contribution in [0, 0.1) is 0 Å². The highest BCUT2D eigenvalue weighted by atomic mass is 16.5. The molecular weight excluding hydrogens is 302 g/mol. The lowest BCUT2D eigenvalue weighted by Crippen LogP contribution is -2.35. The topological polar surface area (TPSA) is 46.6 Å². The molecule has 0 aromatic rings. The summed E-state index contributed by atoms with van der Waals surface area (Å²) in [6, 6.07) is 0. The fourth-order valence-corrected chi connectivity index (χ4v) is 3.22. The molecule has 1 saturated heterocycles. The molecule has 4 heteroatoms. The smallest absolute Gasteiger partial charge is 0.306 e. The lowest BCUT2D eigenvalue weighted by Gasteiger charge is -2.23. The Kier molecular flexibility index (Phi) is 11.6. The van der Waals surface area contributed by atoms with Crippen molar-refractivity contribution in [2.24, 2.45) is 0 Å². The minimum atomic E-state index is -0.141. The van der Waals surface area contributed by atoms with Gasteiger partial charge < -0.3 is 9.64 Å². The maximum absolute atomic E-state index is 11.9. The molecule has 0 aliphatic carbocycles. The van der Waals surface area contributed by atoms with Crippen LogP contribution in [0.5, 0.6) is 0 Å². The molecule has 0 radical (unpaired) electrons. The van der Waals surface area contributed by atoms with Crippen LogP contribution in [-0.4, -0.2) is 36.0 Å². The van der Waals surface area contributed by atoms with E-state index in [-0.39, 0.29) is 18.0 Å². The van der Waals surface area contributed by atoms with Gasteiger partial charge in [-0.3, -0.25) is 9.59 Å². The summed E-state index contributed by atoms with van der Waals surface area (Å²) in [6.45, 7) is 5.63. The molecule has 140 valence electrons. The standard InChI is InChI=1S/C20H37NO3/c1-3-5-6-7-8-9-10-11-12-15-20(23)24-18(4-2)17-21-16-13-14-19(21)22/h18H,3-17H2,1-2H3. The number of rotatable bonds is 14. The first-order valence-corrected chi connectivity index (χ1v) is 10.1. The molecule has 0 N–H and O–H groups in total. The Morgan fingerprint density at radius 2 is 1.67 bits per heavy atom. The van der Waals surface area contributed by atoms with Crippen LogP contribution in [-0.2, 0) is 14.3 Å². The summed E-state index contributed by atoms with van der Waals surface area (Å²) in [7, 11) is 0. The number of likely N-dealkylation sites (tertiary alicyclic amines) is 1. The number of nitrogens with zero attached hydrogens (tertiary/aromatic N) is 1. The van der Waals surface area contributed by atoms with E-state index >= 15 is 0 Å². The van der Waals surface area contributed by atoms with Gasteiger partial charge in [0.05, 0.1) is 6.54 Å². The predicted molar refractivity (Wildman–Crippen MR) is 97.8 cm³/mol. The first-order chi connectivity index (χ1) is 11.7. The van der Waals surface area contributed by atoms with Gasteiger partial charge >= 0.3 is 5.97 Å². The maximum Gasteiger partial charge on any atom is 0.306 e. The molecule has 0 bridgehead atoms. The molecule has 0 aromatic carbocycles. The van der Waals surface area contributed by atoms with Gasteiger partial charge in [-0.1, -0.05) is 65.2 Å². The SMILES string of the molecule is CCCCCCCCCCCC(=O)OC(CC)CN1CCCC1=O. The van der Waals surface area contributed by atoms with Crippen LogP contribution >= 0.6 is 0 Å². The zero-order chi connectivity index (χ0) is 17.6. The number of unbranched alkanes of at least 4 members (excludes halogenated alkanes) is 8. The Balaban J connectivity index is 2.02. The quantitative estimate of drug-likeness (QED) is 0.336. The zero-order valence-electron chi connectivity index (χ0n) is 15.9. The Hall–Kier alpha value is -1.06. The van der Waals surface area contributed by atoms with Crippen molar-refractivity contribution in [2.75, 3.05) is 13.1 Å². The zero-order valence-corrected chi connectivity index (χ0v) is 15.9. The number of ether oxygens (including phenoxy) is 1. The molecule has 1 amide bonds. The number of esters is 1. The van der Waals surface area contributed by atoms with E-state index in [1.165, 1.54) is 44.9 Å². The predicted octanol–water partition coefficient (Wildman–Crippen LogP) is 4.85. The number of hydrogen-bond donors (Lipinski definition) is 0. The van der Waals surface area contributed by atoms with Gasteiger partial charge in [-0.25, -0.2) is 0 Å². The molecule has 1 unspecified atom stereocenters. The molecule has 1 fully saturated rings. The van der Waals surface area contributed by atoms with Crippen LogP contribution in [0.3, 0.4) is 0 Å². The molecule has 0 saturated carbocycles. The van der Waals surface area contributed by atoms with Crippen LogP contribution < -0.4 is 0 Å². The average Bonchev–Trinajstić information content (AvgIpc) is 2.97. The van der Waals surface area contributed by atoms with E-state index < -0.39 is 0 Å². The van der Waals surface area contributed by atoms with Gasteiger partial charge in [0.25, 0.3) is 0 Å². The average molecular weight is 340 g/mol. The molecule has 1 rings (SSSR count). The fraction of sp³-hybridized carbons (Fsp3) is 0.900. The first-order valence-electron chi connectivity index (χ1n) is 10.1. The number of amides is 1. The van der Waals surface area contributed by atoms with Crippen LogP contribution in [0.25, 0.3) is 0 Å². The van der Waals surface area contributed by atoms with E-state index in [1.54, 1.807) is 0 Å². The monoisotopic (exact) mass is 339 g/mol. The molecule has 1 aliphatic rings. The normalized spacial score (nSPS) is 15.8. The van der Waals surface area contributed by atoms with Gasteiger partial charge in [-0.15, -0.1) is 0 Å². The van der Waals surface area contributed by atoms with E-state index in [2.05, 4.69) is 6.92 Å². The highest BCUT2D eigenvalue weighted by molar-refractivity contribution is 5.78. The van der Waals surface area contributed by atoms with Gasteiger partial charge in [0.1, 0.15) is 6.10 Å². The van der Waals surface area contributed by atoms with E-state index in [1.807, 2.05) is 11.8 Å². The van der Waals surface area contributed by atoms with Gasteiger partial charge in [0.15, 0.2) is 0 Å². The summed E-state index contributed by atoms with van der Waals surface area (Å²) >= 11 is 0. The third-order valence-electron chi connectivity index (χ3n) is 4.83. The van der Waals surface area contributed by atoms with Crippen LogP contribution in [0.1, 0.15) is 97.3 Å². The molecule has 1 heterocycles. The number of hydrogen-bond acceptors (Lipinski definition) is 3. The second-order valence-corrected chi connectivity index (χ2v) is 7.04. The summed E-state index contributed by atoms with van der Waals surface area (Å²) in [4.78, 5) is 25.4. The van der Waals surface area contributed by atoms with Crippen molar-refractivity contribution in [2.45, 2.75) is 103 Å². The number of carbonyl (C=O) groups is 2. The first kappa shape index (κ1) is 21.0. The summed E-state index contributed by atoms with van der Waals surface area (Å²) in [5, 5.41) is 0. The van der Waals surface area contributed by atoms with Crippen molar-refractivity contribution < 1.29 is 14.3 Å². The van der Waals surface area contributed by atoms with E-state index in [9.17, 15) is 9.59 Å². The minimum Gasteiger partial charge on any atom is -0.460 e. The molecule has 24 heavy (non-hydrogen) atoms. The second-order valence-electron chi connectivity index (χ2n) is 7.04. The van der Waals surface area contributed by atoms with Crippen molar-refractivity contribution in [3.05, 3.63) is 0 Å². The molecule has 4 nitrogen and oxygen atoms in total. The van der Waals surface area contributed by atoms with Gasteiger partial charge in [0.2, 0.25) is 5.91 Å². The van der Waals surface area contributed by atoms with Crippen molar-refractivity contribution in [3.8, 4) is 0 Å². The molecule has 0 aromatic heterocycles. The van der Waals surface area contributed by atoms with E-state index in [0.29, 0.717) is 19.4 Å². The fourth-order valence-electron chi connectivity index (χ4n) is 3.22. The van der Waals surface area contributed by atoms with Crippen molar-refractivity contribution >= 4 is 11.9 Å². The van der Waals surface area contributed by atoms with Crippen LogP contribution in [0.15, 0.2) is 0 Å². The van der Waals surface area contributed by atoms with Crippen molar-refractivity contribution in [1.82, 2.24) is 4.90 Å². The van der Waals surface area contributed by atoms with Gasteiger partial charge in [-0.2, -0.15) is 0 Å². The second kappa shape index (κ2) is 13.3. The van der Waals surface area contributed by atoms with E-state index in [0.717, 1.165) is 32.2 Å². The Labute approximate surface area is 148 Å². The van der Waals surface area contributed by atoms with Gasteiger partial charge in [-0.05, 0) is 19.3 Å². The molecule has 1 aliphatic heterocycles. The summed E-state index contributed by atoms with van der Waals surface area (Å²) in [5.74, 6) is 0.0971. The summed E-state index contributed by atoms with van der Waals surface area (Å²) < 4.78 is 5.55. The highest BCUT2D eigenvalue weighted by Crippen LogP contribution is 2.14. The Bertz CT molecular complexity index is 357.